The van der Waals surface area contributed by atoms with Gasteiger partial charge in [-0.05, 0) is 41.8 Å². The molecule has 2 aromatic heterocycles. The van der Waals surface area contributed by atoms with E-state index in [4.69, 9.17) is 9.15 Å². The van der Waals surface area contributed by atoms with Gasteiger partial charge in [0.2, 0.25) is 0 Å². The van der Waals surface area contributed by atoms with Crippen molar-refractivity contribution in [2.24, 2.45) is 0 Å². The van der Waals surface area contributed by atoms with E-state index in [2.05, 4.69) is 27.3 Å². The average Bonchev–Trinajstić information content (AvgIpc) is 3.46. The number of rotatable bonds is 6. The minimum Gasteiger partial charge on any atom is -0.459 e. The predicted octanol–water partition coefficient (Wildman–Crippen LogP) is 1.35. The molecule has 0 saturated carbocycles. The van der Waals surface area contributed by atoms with Gasteiger partial charge in [-0.1, -0.05) is 6.92 Å². The number of carbonyl (C=O) groups is 1. The minimum atomic E-state index is -0.0454. The van der Waals surface area contributed by atoms with E-state index in [-0.39, 0.29) is 18.1 Å². The summed E-state index contributed by atoms with van der Waals surface area (Å²) in [7, 11) is 0. The van der Waals surface area contributed by atoms with Crippen LogP contribution in [0.15, 0.2) is 22.8 Å². The summed E-state index contributed by atoms with van der Waals surface area (Å²) in [5.41, 5.74) is 0. The van der Waals surface area contributed by atoms with Gasteiger partial charge in [-0.3, -0.25) is 9.69 Å². The monoisotopic (exact) mass is 374 g/mol. The molecule has 0 unspecified atom stereocenters. The third kappa shape index (κ3) is 3.89. The fourth-order valence-electron chi connectivity index (χ4n) is 3.96. The van der Waals surface area contributed by atoms with Crippen molar-refractivity contribution in [3.8, 4) is 0 Å². The van der Waals surface area contributed by atoms with Crippen molar-refractivity contribution < 1.29 is 13.9 Å². The first-order chi connectivity index (χ1) is 13.3. The summed E-state index contributed by atoms with van der Waals surface area (Å²) < 4.78 is 12.9. The first kappa shape index (κ1) is 18.1. The van der Waals surface area contributed by atoms with Crippen LogP contribution in [0.2, 0.25) is 0 Å². The Hall–Kier alpha value is -2.26. The standard InChI is InChI=1S/C18H26N6O3/c1-2-15(17-19-20-21-24(17)13-14-5-3-11-26-14)22-7-9-23(10-8-22)18(25)16-6-4-12-27-16/h4,6,12,14-15H,2-3,5,7-11,13H2,1H3/t14-,15+/m1/s1. The highest BCUT2D eigenvalue weighted by Crippen LogP contribution is 2.25. The zero-order chi connectivity index (χ0) is 18.6. The van der Waals surface area contributed by atoms with Crippen LogP contribution < -0.4 is 0 Å². The predicted molar refractivity (Wildman–Crippen MR) is 96.0 cm³/mol. The third-order valence-electron chi connectivity index (χ3n) is 5.42. The number of ether oxygens (including phenoxy) is 1. The Morgan fingerprint density at radius 3 is 2.85 bits per heavy atom. The molecule has 2 aliphatic heterocycles. The molecule has 0 aromatic carbocycles. The molecular formula is C18H26N6O3. The minimum absolute atomic E-state index is 0.0454. The molecule has 0 N–H and O–H groups in total. The maximum absolute atomic E-state index is 12.4. The van der Waals surface area contributed by atoms with E-state index in [1.54, 1.807) is 12.1 Å². The molecule has 2 saturated heterocycles. The average molecular weight is 374 g/mol. The molecule has 1 amide bonds. The highest BCUT2D eigenvalue weighted by atomic mass is 16.5. The van der Waals surface area contributed by atoms with Gasteiger partial charge in [0.25, 0.3) is 5.91 Å². The summed E-state index contributed by atoms with van der Waals surface area (Å²) in [6, 6.07) is 3.59. The lowest BCUT2D eigenvalue weighted by Crippen LogP contribution is -2.50. The Labute approximate surface area is 158 Å². The molecule has 4 heterocycles. The number of tetrazole rings is 1. The highest BCUT2D eigenvalue weighted by molar-refractivity contribution is 5.91. The molecular weight excluding hydrogens is 348 g/mol. The van der Waals surface area contributed by atoms with Crippen LogP contribution >= 0.6 is 0 Å². The Morgan fingerprint density at radius 2 is 2.19 bits per heavy atom. The van der Waals surface area contributed by atoms with Crippen LogP contribution in [0, 0.1) is 0 Å². The second-order valence-corrected chi connectivity index (χ2v) is 7.08. The van der Waals surface area contributed by atoms with Gasteiger partial charge < -0.3 is 14.1 Å². The summed E-state index contributed by atoms with van der Waals surface area (Å²) in [6.07, 6.45) is 4.81. The fourth-order valence-corrected chi connectivity index (χ4v) is 3.96. The van der Waals surface area contributed by atoms with Crippen LogP contribution in [-0.2, 0) is 11.3 Å². The molecule has 9 nitrogen and oxygen atoms in total. The van der Waals surface area contributed by atoms with Gasteiger partial charge in [-0.25, -0.2) is 4.68 Å². The fraction of sp³-hybridized carbons (Fsp3) is 0.667. The third-order valence-corrected chi connectivity index (χ3v) is 5.42. The lowest BCUT2D eigenvalue weighted by molar-refractivity contribution is 0.0510. The van der Waals surface area contributed by atoms with E-state index in [0.717, 1.165) is 44.8 Å². The van der Waals surface area contributed by atoms with Crippen molar-refractivity contribution in [2.75, 3.05) is 32.8 Å². The molecule has 9 heteroatoms. The molecule has 2 atom stereocenters. The Kier molecular flexibility index (Phi) is 5.49. The summed E-state index contributed by atoms with van der Waals surface area (Å²) in [5.74, 6) is 1.24. The largest absolute Gasteiger partial charge is 0.459 e. The van der Waals surface area contributed by atoms with Gasteiger partial charge in [0.05, 0.1) is 25.0 Å². The number of aromatic nitrogens is 4. The summed E-state index contributed by atoms with van der Waals surface area (Å²) in [4.78, 5) is 16.7. The van der Waals surface area contributed by atoms with E-state index < -0.39 is 0 Å². The van der Waals surface area contributed by atoms with E-state index >= 15 is 0 Å². The Bertz CT molecular complexity index is 732. The van der Waals surface area contributed by atoms with E-state index in [1.807, 2.05) is 9.58 Å². The van der Waals surface area contributed by atoms with Gasteiger partial charge in [0, 0.05) is 32.8 Å². The number of hydrogen-bond acceptors (Lipinski definition) is 7. The van der Waals surface area contributed by atoms with Crippen LogP contribution in [0.25, 0.3) is 0 Å². The zero-order valence-corrected chi connectivity index (χ0v) is 15.7. The quantitative estimate of drug-likeness (QED) is 0.754. The van der Waals surface area contributed by atoms with Gasteiger partial charge >= 0.3 is 0 Å². The van der Waals surface area contributed by atoms with Crippen molar-refractivity contribution in [3.05, 3.63) is 30.0 Å². The van der Waals surface area contributed by atoms with Crippen molar-refractivity contribution in [1.82, 2.24) is 30.0 Å². The maximum atomic E-state index is 12.4. The maximum Gasteiger partial charge on any atom is 0.289 e. The first-order valence-electron chi connectivity index (χ1n) is 9.70. The van der Waals surface area contributed by atoms with Crippen molar-refractivity contribution in [2.45, 2.75) is 44.9 Å². The van der Waals surface area contributed by atoms with Gasteiger partial charge in [0.1, 0.15) is 0 Å². The Morgan fingerprint density at radius 1 is 1.33 bits per heavy atom. The van der Waals surface area contributed by atoms with Gasteiger partial charge in [0.15, 0.2) is 11.6 Å². The first-order valence-corrected chi connectivity index (χ1v) is 9.70. The second kappa shape index (κ2) is 8.18. The van der Waals surface area contributed by atoms with Crippen molar-refractivity contribution in [3.63, 3.8) is 0 Å². The smallest absolute Gasteiger partial charge is 0.289 e. The summed E-state index contributed by atoms with van der Waals surface area (Å²) in [5, 5.41) is 12.4. The van der Waals surface area contributed by atoms with Crippen LogP contribution in [-0.4, -0.2) is 74.8 Å². The molecule has 2 fully saturated rings. The second-order valence-electron chi connectivity index (χ2n) is 7.08. The number of nitrogens with zero attached hydrogens (tertiary/aromatic N) is 6. The topological polar surface area (TPSA) is 89.5 Å². The van der Waals surface area contributed by atoms with E-state index in [0.29, 0.717) is 25.4 Å². The van der Waals surface area contributed by atoms with Crippen LogP contribution in [0.1, 0.15) is 48.6 Å². The van der Waals surface area contributed by atoms with E-state index in [1.165, 1.54) is 6.26 Å². The number of piperazine rings is 1. The molecule has 146 valence electrons. The Balaban J connectivity index is 1.39. The van der Waals surface area contributed by atoms with Gasteiger partial charge in [-0.2, -0.15) is 0 Å². The van der Waals surface area contributed by atoms with E-state index in [9.17, 15) is 4.79 Å². The lowest BCUT2D eigenvalue weighted by atomic mass is 10.1. The SMILES string of the molecule is CC[C@@H](c1nnnn1C[C@H]1CCCO1)N1CCN(C(=O)c2ccco2)CC1. The molecule has 0 spiro atoms. The molecule has 0 bridgehead atoms. The number of amides is 1. The molecule has 0 radical (unpaired) electrons. The van der Waals surface area contributed by atoms with Crippen molar-refractivity contribution >= 4 is 5.91 Å². The number of hydrogen-bond donors (Lipinski definition) is 0. The number of carbonyl (C=O) groups excluding carboxylic acids is 1. The van der Waals surface area contributed by atoms with Crippen LogP contribution in [0.3, 0.4) is 0 Å². The zero-order valence-electron chi connectivity index (χ0n) is 15.7. The molecule has 2 aliphatic rings. The van der Waals surface area contributed by atoms with Crippen LogP contribution in [0.4, 0.5) is 0 Å². The van der Waals surface area contributed by atoms with Gasteiger partial charge in [-0.15, -0.1) is 5.10 Å². The summed E-state index contributed by atoms with van der Waals surface area (Å²) >= 11 is 0. The normalized spacial score (nSPS) is 22.3. The highest BCUT2D eigenvalue weighted by Gasteiger charge is 2.31. The number of furan rings is 1. The molecule has 0 aliphatic carbocycles. The van der Waals surface area contributed by atoms with Crippen molar-refractivity contribution in [1.29, 1.82) is 0 Å². The molecule has 2 aromatic rings. The van der Waals surface area contributed by atoms with Crippen LogP contribution in [0.5, 0.6) is 0 Å². The lowest BCUT2D eigenvalue weighted by Gasteiger charge is -2.38. The summed E-state index contributed by atoms with van der Waals surface area (Å²) in [6.45, 7) is 6.60. The molecule has 4 rings (SSSR count). The molecule has 27 heavy (non-hydrogen) atoms.